The maximum absolute atomic E-state index is 13.9. The Labute approximate surface area is 152 Å². The normalized spacial score (nSPS) is 11.6. The van der Waals surface area contributed by atoms with Crippen molar-refractivity contribution in [3.63, 3.8) is 0 Å². The SMILES string of the molecule is COc1c(F)cc(F)cc1-c1ccc2nc(NC(=O)CS(C)(=O)=O)nn2c1. The van der Waals surface area contributed by atoms with Crippen molar-refractivity contribution in [2.24, 2.45) is 0 Å². The number of anilines is 1. The molecule has 2 aromatic heterocycles. The number of methoxy groups -OCH3 is 1. The van der Waals surface area contributed by atoms with Gasteiger partial charge < -0.3 is 4.74 Å². The number of nitrogens with one attached hydrogen (secondary N) is 1. The molecule has 0 atom stereocenters. The summed E-state index contributed by atoms with van der Waals surface area (Å²) in [5.41, 5.74) is 0.913. The minimum Gasteiger partial charge on any atom is -0.493 e. The van der Waals surface area contributed by atoms with Crippen molar-refractivity contribution in [2.75, 3.05) is 24.4 Å². The minimum absolute atomic E-state index is 0.0989. The average molecular weight is 396 g/mol. The molecule has 142 valence electrons. The molecule has 1 amide bonds. The first-order chi connectivity index (χ1) is 12.7. The number of ether oxygens (including phenoxy) is 1. The molecular weight excluding hydrogens is 382 g/mol. The van der Waals surface area contributed by atoms with Crippen LogP contribution in [-0.4, -0.2) is 48.0 Å². The van der Waals surface area contributed by atoms with Crippen LogP contribution in [-0.2, 0) is 14.6 Å². The van der Waals surface area contributed by atoms with Crippen LogP contribution in [0.15, 0.2) is 30.5 Å². The number of hydrogen-bond donors (Lipinski definition) is 1. The van der Waals surface area contributed by atoms with Crippen LogP contribution in [0.5, 0.6) is 5.75 Å². The molecule has 11 heteroatoms. The zero-order valence-corrected chi connectivity index (χ0v) is 15.0. The molecule has 2 heterocycles. The number of rotatable bonds is 5. The van der Waals surface area contributed by atoms with Crippen LogP contribution >= 0.6 is 0 Å². The van der Waals surface area contributed by atoms with Gasteiger partial charge in [-0.1, -0.05) is 0 Å². The van der Waals surface area contributed by atoms with Crippen LogP contribution in [0.2, 0.25) is 0 Å². The Hall–Kier alpha value is -3.08. The second-order valence-corrected chi connectivity index (χ2v) is 7.88. The van der Waals surface area contributed by atoms with E-state index in [1.807, 2.05) is 0 Å². The summed E-state index contributed by atoms with van der Waals surface area (Å²) >= 11 is 0. The first-order valence-corrected chi connectivity index (χ1v) is 9.60. The lowest BCUT2D eigenvalue weighted by atomic mass is 10.1. The first-order valence-electron chi connectivity index (χ1n) is 7.53. The monoisotopic (exact) mass is 396 g/mol. The molecule has 0 saturated heterocycles. The second-order valence-electron chi connectivity index (χ2n) is 5.74. The molecule has 0 aliphatic heterocycles. The van der Waals surface area contributed by atoms with Gasteiger partial charge in [0.15, 0.2) is 27.1 Å². The van der Waals surface area contributed by atoms with E-state index in [0.717, 1.165) is 12.3 Å². The molecule has 0 aliphatic carbocycles. The molecule has 0 fully saturated rings. The quantitative estimate of drug-likeness (QED) is 0.704. The van der Waals surface area contributed by atoms with Crippen molar-refractivity contribution in [1.29, 1.82) is 0 Å². The van der Waals surface area contributed by atoms with E-state index in [4.69, 9.17) is 4.74 Å². The molecule has 0 radical (unpaired) electrons. The number of fused-ring (bicyclic) bond motifs is 1. The number of hydrogen-bond acceptors (Lipinski definition) is 6. The lowest BCUT2D eigenvalue weighted by Gasteiger charge is -2.10. The summed E-state index contributed by atoms with van der Waals surface area (Å²) in [6.07, 6.45) is 2.38. The molecule has 1 N–H and O–H groups in total. The summed E-state index contributed by atoms with van der Waals surface area (Å²) in [7, 11) is -2.22. The number of benzene rings is 1. The Balaban J connectivity index is 1.97. The van der Waals surface area contributed by atoms with Crippen LogP contribution in [0.3, 0.4) is 0 Å². The first kappa shape index (κ1) is 18.7. The third-order valence-corrected chi connectivity index (χ3v) is 4.29. The highest BCUT2D eigenvalue weighted by Gasteiger charge is 2.16. The lowest BCUT2D eigenvalue weighted by molar-refractivity contribution is -0.113. The fraction of sp³-hybridized carbons (Fsp3) is 0.188. The molecule has 27 heavy (non-hydrogen) atoms. The van der Waals surface area contributed by atoms with Crippen LogP contribution in [0.4, 0.5) is 14.7 Å². The Kier molecular flexibility index (Phi) is 4.79. The summed E-state index contributed by atoms with van der Waals surface area (Å²) in [4.78, 5) is 15.7. The summed E-state index contributed by atoms with van der Waals surface area (Å²) in [5, 5.41) is 6.30. The minimum atomic E-state index is -3.49. The number of carbonyl (C=O) groups is 1. The van der Waals surface area contributed by atoms with E-state index in [1.54, 1.807) is 6.07 Å². The van der Waals surface area contributed by atoms with Gasteiger partial charge in [0, 0.05) is 29.6 Å². The largest absolute Gasteiger partial charge is 0.493 e. The summed E-state index contributed by atoms with van der Waals surface area (Å²) in [6.45, 7) is 0. The Morgan fingerprint density at radius 1 is 1.30 bits per heavy atom. The zero-order valence-electron chi connectivity index (χ0n) is 14.2. The topological polar surface area (TPSA) is 103 Å². The van der Waals surface area contributed by atoms with Crippen LogP contribution < -0.4 is 10.1 Å². The Morgan fingerprint density at radius 3 is 2.70 bits per heavy atom. The van der Waals surface area contributed by atoms with Crippen LogP contribution in [0, 0.1) is 11.6 Å². The Bertz CT molecular complexity index is 1140. The maximum Gasteiger partial charge on any atom is 0.249 e. The number of pyridine rings is 1. The summed E-state index contributed by atoms with van der Waals surface area (Å²) in [5.74, 6) is -3.32. The summed E-state index contributed by atoms with van der Waals surface area (Å²) < 4.78 is 56.1. The molecule has 0 unspecified atom stereocenters. The fourth-order valence-corrected chi connectivity index (χ4v) is 3.02. The second kappa shape index (κ2) is 6.91. The number of nitrogens with zero attached hydrogens (tertiary/aromatic N) is 3. The van der Waals surface area contributed by atoms with Gasteiger partial charge in [-0.15, -0.1) is 5.10 Å². The predicted octanol–water partition coefficient (Wildman–Crippen LogP) is 1.67. The van der Waals surface area contributed by atoms with E-state index >= 15 is 0 Å². The van der Waals surface area contributed by atoms with Gasteiger partial charge in [-0.05, 0) is 18.2 Å². The van der Waals surface area contributed by atoms with Gasteiger partial charge in [-0.2, -0.15) is 4.98 Å². The van der Waals surface area contributed by atoms with Gasteiger partial charge in [-0.3, -0.25) is 10.1 Å². The molecule has 3 aromatic rings. The third kappa shape index (κ3) is 4.19. The van der Waals surface area contributed by atoms with Gasteiger partial charge in [0.05, 0.1) is 7.11 Å². The molecule has 0 bridgehead atoms. The molecule has 0 spiro atoms. The van der Waals surface area contributed by atoms with Crippen molar-refractivity contribution in [3.05, 3.63) is 42.1 Å². The van der Waals surface area contributed by atoms with E-state index in [1.165, 1.54) is 23.9 Å². The molecule has 0 aliphatic rings. The van der Waals surface area contributed by atoms with Crippen LogP contribution in [0.1, 0.15) is 0 Å². The average Bonchev–Trinajstić information content (AvgIpc) is 2.93. The highest BCUT2D eigenvalue weighted by atomic mass is 32.2. The van der Waals surface area contributed by atoms with Gasteiger partial charge in [0.2, 0.25) is 11.9 Å². The predicted molar refractivity (Wildman–Crippen MR) is 93.2 cm³/mol. The number of halogens is 2. The van der Waals surface area contributed by atoms with E-state index < -0.39 is 33.1 Å². The number of aromatic nitrogens is 3. The fourth-order valence-electron chi connectivity index (χ4n) is 2.48. The standard InChI is InChI=1S/C16H14F2N4O4S/c1-26-15-11(5-10(17)6-12(15)18)9-3-4-13-19-16(21-22(13)7-9)20-14(23)8-27(2,24)25/h3-7H,8H2,1-2H3,(H,20,21,23). The van der Waals surface area contributed by atoms with E-state index in [2.05, 4.69) is 15.4 Å². The zero-order chi connectivity index (χ0) is 19.8. The van der Waals surface area contributed by atoms with Crippen LogP contribution in [0.25, 0.3) is 16.8 Å². The summed E-state index contributed by atoms with van der Waals surface area (Å²) in [6, 6.07) is 4.92. The van der Waals surface area contributed by atoms with Gasteiger partial charge in [0.1, 0.15) is 11.6 Å². The van der Waals surface area contributed by atoms with E-state index in [0.29, 0.717) is 17.3 Å². The molecule has 0 saturated carbocycles. The van der Waals surface area contributed by atoms with Crippen molar-refractivity contribution in [2.45, 2.75) is 0 Å². The van der Waals surface area contributed by atoms with E-state index in [9.17, 15) is 22.0 Å². The molecule has 1 aromatic carbocycles. The molecular formula is C16H14F2N4O4S. The maximum atomic E-state index is 13.9. The van der Waals surface area contributed by atoms with Gasteiger partial charge >= 0.3 is 0 Å². The highest BCUT2D eigenvalue weighted by molar-refractivity contribution is 7.91. The van der Waals surface area contributed by atoms with Crippen molar-refractivity contribution < 1.29 is 26.7 Å². The number of amides is 1. The highest BCUT2D eigenvalue weighted by Crippen LogP contribution is 2.33. The van der Waals surface area contributed by atoms with E-state index in [-0.39, 0.29) is 17.3 Å². The lowest BCUT2D eigenvalue weighted by Crippen LogP contribution is -2.22. The van der Waals surface area contributed by atoms with Crippen molar-refractivity contribution in [3.8, 4) is 16.9 Å². The Morgan fingerprint density at radius 2 is 2.04 bits per heavy atom. The van der Waals surface area contributed by atoms with Gasteiger partial charge in [0.25, 0.3) is 0 Å². The third-order valence-electron chi connectivity index (χ3n) is 3.50. The van der Waals surface area contributed by atoms with Crippen molar-refractivity contribution in [1.82, 2.24) is 14.6 Å². The smallest absolute Gasteiger partial charge is 0.249 e. The molecule has 8 nitrogen and oxygen atoms in total. The number of sulfone groups is 1. The van der Waals surface area contributed by atoms with Gasteiger partial charge in [-0.25, -0.2) is 21.7 Å². The molecule has 3 rings (SSSR count). The number of carbonyl (C=O) groups excluding carboxylic acids is 1. The van der Waals surface area contributed by atoms with Crippen molar-refractivity contribution >= 4 is 27.3 Å².